The Morgan fingerprint density at radius 2 is 2.27 bits per heavy atom. The Kier molecular flexibility index (Phi) is 2.57. The first-order valence-electron chi connectivity index (χ1n) is 5.90. The number of ketones is 1. The Hall–Kier alpha value is -0.850. The highest BCUT2D eigenvalue weighted by Crippen LogP contribution is 2.49. The molecule has 0 N–H and O–H groups in total. The molecule has 1 nitrogen and oxygen atoms in total. The zero-order valence-electron chi connectivity index (χ0n) is 9.81. The predicted octanol–water partition coefficient (Wildman–Crippen LogP) is 3.66. The van der Waals surface area contributed by atoms with Gasteiger partial charge in [-0.25, -0.2) is 0 Å². The highest BCUT2D eigenvalue weighted by atomic mass is 16.1. The molecule has 0 bridgehead atoms. The smallest absolute Gasteiger partial charge is 0.155 e. The van der Waals surface area contributed by atoms with Crippen LogP contribution in [0, 0.1) is 11.3 Å². The molecule has 1 saturated carbocycles. The maximum Gasteiger partial charge on any atom is 0.155 e. The van der Waals surface area contributed by atoms with Crippen molar-refractivity contribution in [3.63, 3.8) is 0 Å². The third-order valence-electron chi connectivity index (χ3n) is 4.19. The third kappa shape index (κ3) is 1.92. The first-order valence-corrected chi connectivity index (χ1v) is 5.90. The van der Waals surface area contributed by atoms with Crippen LogP contribution < -0.4 is 0 Å². The van der Waals surface area contributed by atoms with Crippen molar-refractivity contribution in [1.82, 2.24) is 0 Å². The number of fused-ring (bicyclic) bond motifs is 1. The second-order valence-electron chi connectivity index (χ2n) is 5.48. The molecule has 0 amide bonds. The van der Waals surface area contributed by atoms with E-state index in [1.54, 1.807) is 0 Å². The SMILES string of the molecule is C=C(C)[C@@H]1CCC2=CC(=O)CC[C@]2(C)C1. The molecule has 0 heterocycles. The molecule has 2 aliphatic carbocycles. The van der Waals surface area contributed by atoms with Crippen molar-refractivity contribution in [2.75, 3.05) is 0 Å². The molecular weight excluding hydrogens is 184 g/mol. The topological polar surface area (TPSA) is 17.1 Å². The first kappa shape index (κ1) is 10.7. The van der Waals surface area contributed by atoms with E-state index < -0.39 is 0 Å². The fourth-order valence-corrected chi connectivity index (χ4v) is 3.00. The molecule has 82 valence electrons. The fraction of sp³-hybridized carbons (Fsp3) is 0.643. The highest BCUT2D eigenvalue weighted by Gasteiger charge is 2.38. The summed E-state index contributed by atoms with van der Waals surface area (Å²) in [5.41, 5.74) is 3.00. The molecule has 1 fully saturated rings. The molecule has 0 aromatic rings. The van der Waals surface area contributed by atoms with Crippen LogP contribution in [0.15, 0.2) is 23.8 Å². The molecule has 0 saturated heterocycles. The maximum atomic E-state index is 11.4. The summed E-state index contributed by atoms with van der Waals surface area (Å²) < 4.78 is 0. The van der Waals surface area contributed by atoms with E-state index in [1.807, 2.05) is 6.08 Å². The van der Waals surface area contributed by atoms with Gasteiger partial charge in [-0.15, -0.1) is 0 Å². The summed E-state index contributed by atoms with van der Waals surface area (Å²) in [5.74, 6) is 0.997. The van der Waals surface area contributed by atoms with E-state index in [2.05, 4.69) is 20.4 Å². The van der Waals surface area contributed by atoms with Crippen molar-refractivity contribution in [3.05, 3.63) is 23.8 Å². The molecule has 0 aromatic heterocycles. The molecule has 0 radical (unpaired) electrons. The molecule has 2 atom stereocenters. The Morgan fingerprint density at radius 1 is 1.53 bits per heavy atom. The quantitative estimate of drug-likeness (QED) is 0.596. The number of hydrogen-bond acceptors (Lipinski definition) is 1. The van der Waals surface area contributed by atoms with E-state index in [0.717, 1.165) is 19.3 Å². The molecule has 0 aromatic carbocycles. The lowest BCUT2D eigenvalue weighted by atomic mass is 9.62. The molecular formula is C14H20O. The summed E-state index contributed by atoms with van der Waals surface area (Å²) in [6, 6.07) is 0. The van der Waals surface area contributed by atoms with Gasteiger partial charge in [0.25, 0.3) is 0 Å². The van der Waals surface area contributed by atoms with Gasteiger partial charge in [-0.2, -0.15) is 0 Å². The Morgan fingerprint density at radius 3 is 2.93 bits per heavy atom. The van der Waals surface area contributed by atoms with Crippen LogP contribution in [0.1, 0.15) is 46.0 Å². The normalized spacial score (nSPS) is 35.7. The number of allylic oxidation sites excluding steroid dienone is 3. The van der Waals surface area contributed by atoms with Crippen LogP contribution in [0.5, 0.6) is 0 Å². The number of rotatable bonds is 1. The van der Waals surface area contributed by atoms with Crippen LogP contribution in [0.2, 0.25) is 0 Å². The van der Waals surface area contributed by atoms with E-state index in [9.17, 15) is 4.79 Å². The van der Waals surface area contributed by atoms with E-state index in [1.165, 1.54) is 24.0 Å². The van der Waals surface area contributed by atoms with Gasteiger partial charge in [-0.05, 0) is 50.0 Å². The van der Waals surface area contributed by atoms with E-state index in [-0.39, 0.29) is 5.41 Å². The van der Waals surface area contributed by atoms with Crippen molar-refractivity contribution in [2.24, 2.45) is 11.3 Å². The van der Waals surface area contributed by atoms with Crippen LogP contribution in [0.25, 0.3) is 0 Å². The van der Waals surface area contributed by atoms with Crippen molar-refractivity contribution >= 4 is 5.78 Å². The Balaban J connectivity index is 2.22. The fourth-order valence-electron chi connectivity index (χ4n) is 3.00. The summed E-state index contributed by atoms with van der Waals surface area (Å²) >= 11 is 0. The van der Waals surface area contributed by atoms with Gasteiger partial charge in [0.1, 0.15) is 0 Å². The number of hydrogen-bond donors (Lipinski definition) is 0. The van der Waals surface area contributed by atoms with Gasteiger partial charge in [-0.1, -0.05) is 24.6 Å². The van der Waals surface area contributed by atoms with E-state index >= 15 is 0 Å². The minimum Gasteiger partial charge on any atom is -0.295 e. The lowest BCUT2D eigenvalue weighted by molar-refractivity contribution is -0.116. The molecule has 0 spiro atoms. The van der Waals surface area contributed by atoms with Crippen molar-refractivity contribution in [3.8, 4) is 0 Å². The molecule has 2 rings (SSSR count). The number of carbonyl (C=O) groups is 1. The monoisotopic (exact) mass is 204 g/mol. The van der Waals surface area contributed by atoms with Crippen LogP contribution >= 0.6 is 0 Å². The van der Waals surface area contributed by atoms with Crippen molar-refractivity contribution in [1.29, 1.82) is 0 Å². The van der Waals surface area contributed by atoms with Gasteiger partial charge in [-0.3, -0.25) is 4.79 Å². The van der Waals surface area contributed by atoms with Crippen molar-refractivity contribution < 1.29 is 4.79 Å². The molecule has 15 heavy (non-hydrogen) atoms. The molecule has 0 unspecified atom stereocenters. The Labute approximate surface area is 92.3 Å². The highest BCUT2D eigenvalue weighted by molar-refractivity contribution is 5.91. The summed E-state index contributed by atoms with van der Waals surface area (Å²) in [6.07, 6.45) is 7.17. The van der Waals surface area contributed by atoms with Crippen molar-refractivity contribution in [2.45, 2.75) is 46.0 Å². The number of carbonyl (C=O) groups excluding carboxylic acids is 1. The maximum absolute atomic E-state index is 11.4. The van der Waals surface area contributed by atoms with E-state index in [4.69, 9.17) is 0 Å². The molecule has 2 aliphatic rings. The van der Waals surface area contributed by atoms with Gasteiger partial charge in [0.05, 0.1) is 0 Å². The lowest BCUT2D eigenvalue weighted by Gasteiger charge is -2.42. The van der Waals surface area contributed by atoms with Gasteiger partial charge in [0.2, 0.25) is 0 Å². The van der Waals surface area contributed by atoms with Crippen LogP contribution in [0.4, 0.5) is 0 Å². The molecule has 1 heteroatoms. The van der Waals surface area contributed by atoms with Gasteiger partial charge >= 0.3 is 0 Å². The summed E-state index contributed by atoms with van der Waals surface area (Å²) in [4.78, 5) is 11.4. The standard InChI is InChI=1S/C14H20O/c1-10(2)11-4-5-12-8-13(15)6-7-14(12,3)9-11/h8,11H,1,4-7,9H2,2-3H3/t11-,14-/m1/s1. The van der Waals surface area contributed by atoms with Crippen LogP contribution in [-0.2, 0) is 4.79 Å². The predicted molar refractivity (Wildman–Crippen MR) is 62.6 cm³/mol. The zero-order chi connectivity index (χ0) is 11.1. The van der Waals surface area contributed by atoms with Crippen LogP contribution in [-0.4, -0.2) is 5.78 Å². The molecule has 0 aliphatic heterocycles. The lowest BCUT2D eigenvalue weighted by Crippen LogP contribution is -2.32. The summed E-state index contributed by atoms with van der Waals surface area (Å²) in [6.45, 7) is 8.53. The summed E-state index contributed by atoms with van der Waals surface area (Å²) in [7, 11) is 0. The summed E-state index contributed by atoms with van der Waals surface area (Å²) in [5, 5.41) is 0. The minimum atomic E-state index is 0.287. The average Bonchev–Trinajstić information content (AvgIpc) is 2.18. The van der Waals surface area contributed by atoms with Gasteiger partial charge in [0.15, 0.2) is 5.78 Å². The zero-order valence-corrected chi connectivity index (χ0v) is 9.81. The second-order valence-corrected chi connectivity index (χ2v) is 5.48. The van der Waals surface area contributed by atoms with Gasteiger partial charge in [0, 0.05) is 6.42 Å². The third-order valence-corrected chi connectivity index (χ3v) is 4.19. The first-order chi connectivity index (χ1) is 7.01. The van der Waals surface area contributed by atoms with Crippen LogP contribution in [0.3, 0.4) is 0 Å². The Bertz CT molecular complexity index is 337. The van der Waals surface area contributed by atoms with Gasteiger partial charge < -0.3 is 0 Å². The minimum absolute atomic E-state index is 0.287. The average molecular weight is 204 g/mol. The van der Waals surface area contributed by atoms with E-state index in [0.29, 0.717) is 11.7 Å². The largest absolute Gasteiger partial charge is 0.295 e. The second kappa shape index (κ2) is 3.62.